The van der Waals surface area contributed by atoms with Gasteiger partial charge in [-0.1, -0.05) is 36.2 Å². The minimum absolute atomic E-state index is 0.254. The summed E-state index contributed by atoms with van der Waals surface area (Å²) < 4.78 is 0. The van der Waals surface area contributed by atoms with Crippen LogP contribution in [0.3, 0.4) is 0 Å². The van der Waals surface area contributed by atoms with Crippen LogP contribution in [0.1, 0.15) is 36.1 Å². The van der Waals surface area contributed by atoms with Gasteiger partial charge in [0.05, 0.1) is 0 Å². The van der Waals surface area contributed by atoms with Gasteiger partial charge in [-0.3, -0.25) is 0 Å². The molecule has 1 unspecified atom stereocenters. The first-order chi connectivity index (χ1) is 9.11. The summed E-state index contributed by atoms with van der Waals surface area (Å²) in [7, 11) is 0. The Morgan fingerprint density at radius 1 is 1.26 bits per heavy atom. The molecule has 1 heterocycles. The van der Waals surface area contributed by atoms with E-state index < -0.39 is 0 Å². The number of aryl methyl sites for hydroxylation is 1. The fourth-order valence-electron chi connectivity index (χ4n) is 2.06. The van der Waals surface area contributed by atoms with E-state index in [9.17, 15) is 0 Å². The molecule has 2 aromatic rings. The molecule has 2 rings (SSSR count). The normalized spacial score (nSPS) is 12.6. The highest BCUT2D eigenvalue weighted by atomic mass is 35.5. The molecule has 0 saturated carbocycles. The molecular formula is C15H17Cl2NS. The first-order valence-electron chi connectivity index (χ1n) is 6.31. The molecule has 0 amide bonds. The summed E-state index contributed by atoms with van der Waals surface area (Å²) in [5.74, 6) is 0. The Balaban J connectivity index is 2.10. The van der Waals surface area contributed by atoms with E-state index in [2.05, 4.69) is 29.9 Å². The molecule has 102 valence electrons. The molecule has 0 aliphatic carbocycles. The minimum atomic E-state index is 0.254. The van der Waals surface area contributed by atoms with Crippen LogP contribution in [0.5, 0.6) is 0 Å². The molecule has 1 N–H and O–H groups in total. The van der Waals surface area contributed by atoms with Gasteiger partial charge >= 0.3 is 0 Å². The van der Waals surface area contributed by atoms with Gasteiger partial charge in [0.25, 0.3) is 0 Å². The Morgan fingerprint density at radius 2 is 2.05 bits per heavy atom. The lowest BCUT2D eigenvalue weighted by Gasteiger charge is -2.19. The topological polar surface area (TPSA) is 12.0 Å². The van der Waals surface area contributed by atoms with Crippen LogP contribution < -0.4 is 5.32 Å². The van der Waals surface area contributed by atoms with Crippen molar-refractivity contribution in [2.75, 3.05) is 0 Å². The molecule has 1 aromatic heterocycles. The average molecular weight is 314 g/mol. The average Bonchev–Trinajstić information content (AvgIpc) is 2.78. The van der Waals surface area contributed by atoms with Crippen LogP contribution in [-0.4, -0.2) is 0 Å². The third-order valence-corrected chi connectivity index (χ3v) is 4.72. The second-order valence-electron chi connectivity index (χ2n) is 4.59. The zero-order chi connectivity index (χ0) is 13.8. The van der Waals surface area contributed by atoms with Crippen LogP contribution in [0.2, 0.25) is 10.0 Å². The Labute approximate surface area is 128 Å². The maximum absolute atomic E-state index is 6.27. The molecule has 0 aliphatic rings. The van der Waals surface area contributed by atoms with Crippen molar-refractivity contribution in [2.45, 2.75) is 32.9 Å². The quantitative estimate of drug-likeness (QED) is 0.757. The van der Waals surface area contributed by atoms with Crippen LogP contribution >= 0.6 is 34.5 Å². The van der Waals surface area contributed by atoms with Gasteiger partial charge < -0.3 is 5.32 Å². The Kier molecular flexibility index (Phi) is 5.28. The van der Waals surface area contributed by atoms with E-state index in [0.29, 0.717) is 5.02 Å². The number of halogens is 2. The molecule has 0 radical (unpaired) electrons. The van der Waals surface area contributed by atoms with Gasteiger partial charge in [0, 0.05) is 22.6 Å². The summed E-state index contributed by atoms with van der Waals surface area (Å²) in [5, 5.41) is 9.34. The maximum Gasteiger partial charge on any atom is 0.0468 e. The summed E-state index contributed by atoms with van der Waals surface area (Å²) in [6, 6.07) is 5.96. The van der Waals surface area contributed by atoms with Crippen molar-refractivity contribution in [3.63, 3.8) is 0 Å². The van der Waals surface area contributed by atoms with Crippen molar-refractivity contribution in [2.24, 2.45) is 0 Å². The fourth-order valence-corrected chi connectivity index (χ4v) is 3.46. The first kappa shape index (κ1) is 14.9. The van der Waals surface area contributed by atoms with Crippen LogP contribution in [-0.2, 0) is 6.54 Å². The first-order valence-corrected chi connectivity index (χ1v) is 8.01. The van der Waals surface area contributed by atoms with Gasteiger partial charge in [0.2, 0.25) is 0 Å². The van der Waals surface area contributed by atoms with Gasteiger partial charge in [-0.05, 0) is 52.9 Å². The zero-order valence-electron chi connectivity index (χ0n) is 11.0. The second kappa shape index (κ2) is 6.76. The SMILES string of the molecule is CCC(NCc1cscc1C)c1ccc(Cl)cc1Cl. The lowest BCUT2D eigenvalue weighted by atomic mass is 10.0. The standard InChI is InChI=1S/C15H17Cl2NS/c1-3-15(13-5-4-12(16)6-14(13)17)18-7-11-9-19-8-10(11)2/h4-6,8-9,15,18H,3,7H2,1-2H3. The number of nitrogens with one attached hydrogen (secondary N) is 1. The summed E-state index contributed by atoms with van der Waals surface area (Å²) in [5.41, 5.74) is 3.81. The van der Waals surface area contributed by atoms with Crippen molar-refractivity contribution in [3.05, 3.63) is 55.7 Å². The molecule has 1 atom stereocenters. The third kappa shape index (κ3) is 3.73. The predicted molar refractivity (Wildman–Crippen MR) is 85.4 cm³/mol. The number of rotatable bonds is 5. The number of thiophene rings is 1. The van der Waals surface area contributed by atoms with E-state index in [1.54, 1.807) is 17.4 Å². The highest BCUT2D eigenvalue weighted by molar-refractivity contribution is 7.08. The summed E-state index contributed by atoms with van der Waals surface area (Å²) in [6.07, 6.45) is 0.991. The van der Waals surface area contributed by atoms with Gasteiger partial charge in [-0.15, -0.1) is 0 Å². The molecular weight excluding hydrogens is 297 g/mol. The third-order valence-electron chi connectivity index (χ3n) is 3.25. The molecule has 0 saturated heterocycles. The van der Waals surface area contributed by atoms with Gasteiger partial charge in [-0.25, -0.2) is 0 Å². The van der Waals surface area contributed by atoms with Crippen LogP contribution in [0.15, 0.2) is 29.0 Å². The Hall–Kier alpha value is -0.540. The number of hydrogen-bond donors (Lipinski definition) is 1. The van der Waals surface area contributed by atoms with E-state index >= 15 is 0 Å². The van der Waals surface area contributed by atoms with E-state index in [1.165, 1.54) is 11.1 Å². The van der Waals surface area contributed by atoms with Crippen molar-refractivity contribution >= 4 is 34.5 Å². The fraction of sp³-hybridized carbons (Fsp3) is 0.333. The Bertz CT molecular complexity index is 551. The number of benzene rings is 1. The predicted octanol–water partition coefficient (Wildman–Crippen LogP) is 5.60. The summed E-state index contributed by atoms with van der Waals surface area (Å²) >= 11 is 14.0. The second-order valence-corrected chi connectivity index (χ2v) is 6.17. The molecule has 0 fully saturated rings. The van der Waals surface area contributed by atoms with Crippen molar-refractivity contribution < 1.29 is 0 Å². The van der Waals surface area contributed by atoms with E-state index in [-0.39, 0.29) is 6.04 Å². The highest BCUT2D eigenvalue weighted by Crippen LogP contribution is 2.28. The molecule has 0 spiro atoms. The monoisotopic (exact) mass is 313 g/mol. The van der Waals surface area contributed by atoms with Crippen LogP contribution in [0.25, 0.3) is 0 Å². The van der Waals surface area contributed by atoms with Crippen molar-refractivity contribution in [3.8, 4) is 0 Å². The zero-order valence-corrected chi connectivity index (χ0v) is 13.4. The highest BCUT2D eigenvalue weighted by Gasteiger charge is 2.13. The molecule has 1 nitrogen and oxygen atoms in total. The van der Waals surface area contributed by atoms with Gasteiger partial charge in [-0.2, -0.15) is 11.3 Å². The maximum atomic E-state index is 6.27. The van der Waals surface area contributed by atoms with Crippen molar-refractivity contribution in [1.82, 2.24) is 5.32 Å². The minimum Gasteiger partial charge on any atom is -0.306 e. The van der Waals surface area contributed by atoms with Gasteiger partial charge in [0.15, 0.2) is 0 Å². The van der Waals surface area contributed by atoms with E-state index in [1.807, 2.05) is 12.1 Å². The lowest BCUT2D eigenvalue weighted by Crippen LogP contribution is -2.20. The molecule has 1 aromatic carbocycles. The van der Waals surface area contributed by atoms with Gasteiger partial charge in [0.1, 0.15) is 0 Å². The molecule has 0 bridgehead atoms. The van der Waals surface area contributed by atoms with Crippen LogP contribution in [0.4, 0.5) is 0 Å². The number of hydrogen-bond acceptors (Lipinski definition) is 2. The largest absolute Gasteiger partial charge is 0.306 e. The molecule has 0 aliphatic heterocycles. The Morgan fingerprint density at radius 3 is 2.63 bits per heavy atom. The van der Waals surface area contributed by atoms with E-state index in [0.717, 1.165) is 23.6 Å². The molecule has 4 heteroatoms. The van der Waals surface area contributed by atoms with E-state index in [4.69, 9.17) is 23.2 Å². The van der Waals surface area contributed by atoms with Crippen molar-refractivity contribution in [1.29, 1.82) is 0 Å². The summed E-state index contributed by atoms with van der Waals surface area (Å²) in [4.78, 5) is 0. The summed E-state index contributed by atoms with van der Waals surface area (Å²) in [6.45, 7) is 5.17. The van der Waals surface area contributed by atoms with Crippen LogP contribution in [0, 0.1) is 6.92 Å². The smallest absolute Gasteiger partial charge is 0.0468 e. The lowest BCUT2D eigenvalue weighted by molar-refractivity contribution is 0.519. The molecule has 19 heavy (non-hydrogen) atoms.